The molecule has 1 amide bonds. The van der Waals surface area contributed by atoms with E-state index < -0.39 is 23.4 Å². The van der Waals surface area contributed by atoms with Gasteiger partial charge in [-0.25, -0.2) is 14.8 Å². The molecule has 2 atom stereocenters. The lowest BCUT2D eigenvalue weighted by Crippen LogP contribution is -2.58. The van der Waals surface area contributed by atoms with Gasteiger partial charge in [-0.15, -0.1) is 0 Å². The van der Waals surface area contributed by atoms with Gasteiger partial charge in [0.2, 0.25) is 5.95 Å². The third-order valence-corrected chi connectivity index (χ3v) is 6.00. The monoisotopic (exact) mass is 465 g/mol. The Morgan fingerprint density at radius 3 is 2.39 bits per heavy atom. The minimum atomic E-state index is -4.74. The highest BCUT2D eigenvalue weighted by molar-refractivity contribution is 5.68. The van der Waals surface area contributed by atoms with Crippen molar-refractivity contribution in [3.63, 3.8) is 0 Å². The number of alkyl halides is 3. The topological polar surface area (TPSA) is 91.4 Å². The van der Waals surface area contributed by atoms with Crippen LogP contribution in [0.15, 0.2) is 29.5 Å². The van der Waals surface area contributed by atoms with Gasteiger partial charge >= 0.3 is 12.3 Å². The molecule has 33 heavy (non-hydrogen) atoms. The molecule has 3 heterocycles. The summed E-state index contributed by atoms with van der Waals surface area (Å²) in [6.45, 7) is 4.68. The molecule has 1 aliphatic carbocycles. The summed E-state index contributed by atoms with van der Waals surface area (Å²) in [5, 5.41) is 0. The number of piperazine rings is 1. The lowest BCUT2D eigenvalue weighted by atomic mass is 10.1. The Bertz CT molecular complexity index is 1040. The first kappa shape index (κ1) is 23.1. The van der Waals surface area contributed by atoms with E-state index in [0.717, 1.165) is 11.6 Å². The predicted octanol–water partition coefficient (Wildman–Crippen LogP) is 3.34. The molecule has 1 aliphatic heterocycles. The number of aromatic amines is 1. The molecule has 2 aliphatic rings. The van der Waals surface area contributed by atoms with Crippen molar-refractivity contribution in [3.05, 3.63) is 51.7 Å². The molecule has 2 fully saturated rings. The molecule has 11 heteroatoms. The highest BCUT2D eigenvalue weighted by atomic mass is 19.4. The van der Waals surface area contributed by atoms with Crippen molar-refractivity contribution in [2.24, 2.45) is 0 Å². The molecule has 2 aromatic rings. The van der Waals surface area contributed by atoms with Crippen LogP contribution in [0.5, 0.6) is 0 Å². The number of hydrogen-bond acceptors (Lipinski definition) is 6. The van der Waals surface area contributed by atoms with Gasteiger partial charge in [-0.3, -0.25) is 4.79 Å². The zero-order valence-corrected chi connectivity index (χ0v) is 18.4. The highest BCUT2D eigenvalue weighted by Crippen LogP contribution is 2.39. The summed E-state index contributed by atoms with van der Waals surface area (Å²) >= 11 is 0. The van der Waals surface area contributed by atoms with Crippen molar-refractivity contribution < 1.29 is 22.7 Å². The summed E-state index contributed by atoms with van der Waals surface area (Å²) < 4.78 is 43.9. The van der Waals surface area contributed by atoms with Gasteiger partial charge in [-0.1, -0.05) is 0 Å². The van der Waals surface area contributed by atoms with Gasteiger partial charge in [0, 0.05) is 50.2 Å². The Morgan fingerprint density at radius 1 is 1.18 bits per heavy atom. The molecule has 8 nitrogen and oxygen atoms in total. The van der Waals surface area contributed by atoms with Crippen molar-refractivity contribution in [2.45, 2.75) is 57.3 Å². The molecule has 0 bridgehead atoms. The fraction of sp³-hybridized carbons (Fsp3) is 0.545. The van der Waals surface area contributed by atoms with Crippen molar-refractivity contribution in [3.8, 4) is 0 Å². The number of amides is 1. The zero-order chi connectivity index (χ0) is 23.8. The van der Waals surface area contributed by atoms with Gasteiger partial charge < -0.3 is 19.5 Å². The molecule has 0 aromatic carbocycles. The number of halogens is 3. The van der Waals surface area contributed by atoms with Crippen molar-refractivity contribution in [1.29, 1.82) is 0 Å². The van der Waals surface area contributed by atoms with Gasteiger partial charge in [-0.2, -0.15) is 13.2 Å². The molecular weight excluding hydrogens is 439 g/mol. The molecule has 4 rings (SSSR count). The molecule has 1 saturated heterocycles. The fourth-order valence-corrected chi connectivity index (χ4v) is 4.19. The number of H-pyrrole nitrogens is 1. The van der Waals surface area contributed by atoms with Crippen LogP contribution in [0, 0.1) is 0 Å². The van der Waals surface area contributed by atoms with E-state index in [4.69, 9.17) is 4.74 Å². The molecule has 1 N–H and O–H groups in total. The van der Waals surface area contributed by atoms with Crippen LogP contribution >= 0.6 is 0 Å². The van der Waals surface area contributed by atoms with Crippen LogP contribution in [0.3, 0.4) is 0 Å². The molecular formula is C22H26F3N5O3. The van der Waals surface area contributed by atoms with Gasteiger partial charge in [0.1, 0.15) is 5.56 Å². The standard InChI is InChI=1S/C22H26F3N5O3/c1-13-11-29(12-14(2)30(13)20-27-9-17(10-28-20)16-3-4-16)21(32)33-6-5-15-7-18(22(23,24)25)19(31)26-8-15/h7-10,13-14,16H,3-6,11-12H2,1-2H3,(H,26,31)/t13-,14-/m1/s1. The molecule has 2 aromatic heterocycles. The Kier molecular flexibility index (Phi) is 6.31. The smallest absolute Gasteiger partial charge is 0.421 e. The number of hydrogen-bond donors (Lipinski definition) is 1. The number of anilines is 1. The van der Waals surface area contributed by atoms with E-state index in [1.807, 2.05) is 26.2 Å². The fourth-order valence-electron chi connectivity index (χ4n) is 4.19. The number of nitrogens with zero attached hydrogens (tertiary/aromatic N) is 4. The quantitative estimate of drug-likeness (QED) is 0.728. The average molecular weight is 465 g/mol. The van der Waals surface area contributed by atoms with Crippen molar-refractivity contribution in [2.75, 3.05) is 24.6 Å². The first-order valence-electron chi connectivity index (χ1n) is 10.9. The third kappa shape index (κ3) is 5.28. The van der Waals surface area contributed by atoms with Gasteiger partial charge in [0.05, 0.1) is 6.61 Å². The molecule has 1 saturated carbocycles. The van der Waals surface area contributed by atoms with Gasteiger partial charge in [0.15, 0.2) is 0 Å². The van der Waals surface area contributed by atoms with E-state index in [1.54, 1.807) is 4.90 Å². The lowest BCUT2D eigenvalue weighted by molar-refractivity contribution is -0.138. The summed E-state index contributed by atoms with van der Waals surface area (Å²) in [6, 6.07) is 0.701. The number of carbonyl (C=O) groups excluding carboxylic acids is 1. The normalized spacial score (nSPS) is 21.2. The minimum Gasteiger partial charge on any atom is -0.449 e. The second-order valence-electron chi connectivity index (χ2n) is 8.71. The number of rotatable bonds is 5. The summed E-state index contributed by atoms with van der Waals surface area (Å²) in [7, 11) is 0. The number of carbonyl (C=O) groups is 1. The van der Waals surface area contributed by atoms with Crippen LogP contribution in [-0.4, -0.2) is 57.7 Å². The lowest BCUT2D eigenvalue weighted by Gasteiger charge is -2.43. The third-order valence-electron chi connectivity index (χ3n) is 6.00. The van der Waals surface area contributed by atoms with Crippen LogP contribution in [0.4, 0.5) is 23.9 Å². The van der Waals surface area contributed by atoms with E-state index in [2.05, 4.69) is 19.9 Å². The first-order chi connectivity index (χ1) is 15.6. The van der Waals surface area contributed by atoms with Crippen LogP contribution in [-0.2, 0) is 17.3 Å². The van der Waals surface area contributed by atoms with Crippen LogP contribution in [0.1, 0.15) is 49.3 Å². The summed E-state index contributed by atoms with van der Waals surface area (Å²) in [4.78, 5) is 38.7. The average Bonchev–Trinajstić information content (AvgIpc) is 3.59. The largest absolute Gasteiger partial charge is 0.449 e. The SMILES string of the molecule is C[C@@H]1CN(C(=O)OCCc2c[nH]c(=O)c(C(F)(F)F)c2)C[C@@H](C)N1c1ncc(C2CC2)cn1. The maximum Gasteiger partial charge on any atom is 0.421 e. The number of ether oxygens (including phenoxy) is 1. The Labute approximate surface area is 188 Å². The maximum atomic E-state index is 12.9. The molecule has 0 radical (unpaired) electrons. The number of nitrogens with one attached hydrogen (secondary N) is 1. The van der Waals surface area contributed by atoms with E-state index in [0.29, 0.717) is 25.0 Å². The second-order valence-corrected chi connectivity index (χ2v) is 8.71. The van der Waals surface area contributed by atoms with Crippen LogP contribution in [0.2, 0.25) is 0 Å². The van der Waals surface area contributed by atoms with Gasteiger partial charge in [-0.05, 0) is 49.8 Å². The Hall–Kier alpha value is -3.11. The summed E-state index contributed by atoms with van der Waals surface area (Å²) in [5.74, 6) is 1.21. The predicted molar refractivity (Wildman–Crippen MR) is 114 cm³/mol. The van der Waals surface area contributed by atoms with Crippen LogP contribution < -0.4 is 10.5 Å². The Morgan fingerprint density at radius 2 is 1.82 bits per heavy atom. The number of aromatic nitrogens is 3. The zero-order valence-electron chi connectivity index (χ0n) is 18.4. The van der Waals surface area contributed by atoms with E-state index in [1.165, 1.54) is 19.0 Å². The number of pyridine rings is 1. The molecule has 178 valence electrons. The summed E-state index contributed by atoms with van der Waals surface area (Å²) in [5.41, 5.74) is -1.08. The van der Waals surface area contributed by atoms with Crippen molar-refractivity contribution in [1.82, 2.24) is 19.9 Å². The highest BCUT2D eigenvalue weighted by Gasteiger charge is 2.35. The summed E-state index contributed by atoms with van der Waals surface area (Å²) in [6.07, 6.45) is 2.10. The second kappa shape index (κ2) is 9.03. The Balaban J connectivity index is 1.31. The maximum absolute atomic E-state index is 12.9. The van der Waals surface area contributed by atoms with Crippen LogP contribution in [0.25, 0.3) is 0 Å². The van der Waals surface area contributed by atoms with Crippen molar-refractivity contribution >= 4 is 12.0 Å². The first-order valence-corrected chi connectivity index (χ1v) is 10.9. The van der Waals surface area contributed by atoms with E-state index in [-0.39, 0.29) is 30.7 Å². The minimum absolute atomic E-state index is 0.0402. The van der Waals surface area contributed by atoms with E-state index >= 15 is 0 Å². The molecule has 0 unspecified atom stereocenters. The van der Waals surface area contributed by atoms with E-state index in [9.17, 15) is 22.8 Å². The molecule has 0 spiro atoms. The van der Waals surface area contributed by atoms with Gasteiger partial charge in [0.25, 0.3) is 5.56 Å².